The van der Waals surface area contributed by atoms with Crippen LogP contribution in [0.15, 0.2) is 37.2 Å². The number of imidazole rings is 1. The van der Waals surface area contributed by atoms with Crippen LogP contribution in [0.4, 0.5) is 5.69 Å². The average Bonchev–Trinajstić information content (AvgIpc) is 2.74. The van der Waals surface area contributed by atoms with E-state index in [1.54, 1.807) is 12.4 Å². The van der Waals surface area contributed by atoms with Crippen molar-refractivity contribution in [2.24, 2.45) is 0 Å². The van der Waals surface area contributed by atoms with Crippen LogP contribution in [0.3, 0.4) is 0 Å². The smallest absolute Gasteiger partial charge is 0.0946 e. The number of nitrogens with zero attached hydrogens (tertiary/aromatic N) is 3. The van der Waals surface area contributed by atoms with Crippen molar-refractivity contribution in [3.05, 3.63) is 42.7 Å². The summed E-state index contributed by atoms with van der Waals surface area (Å²) < 4.78 is 2.06. The topological polar surface area (TPSA) is 42.7 Å². The molecule has 16 heavy (non-hydrogen) atoms. The lowest BCUT2D eigenvalue weighted by atomic mass is 10.2. The van der Waals surface area contributed by atoms with Crippen molar-refractivity contribution < 1.29 is 0 Å². The van der Waals surface area contributed by atoms with E-state index in [1.807, 2.05) is 24.8 Å². The largest absolute Gasteiger partial charge is 0.380 e. The zero-order valence-electron chi connectivity index (χ0n) is 9.59. The molecule has 2 aromatic heterocycles. The Bertz CT molecular complexity index is 436. The lowest BCUT2D eigenvalue weighted by Crippen LogP contribution is -2.21. The van der Waals surface area contributed by atoms with Crippen LogP contribution in [-0.4, -0.2) is 20.6 Å². The van der Waals surface area contributed by atoms with E-state index in [-0.39, 0.29) is 0 Å². The molecule has 0 aliphatic carbocycles. The highest BCUT2D eigenvalue weighted by atomic mass is 15.1. The molecule has 1 N–H and O–H groups in total. The summed E-state index contributed by atoms with van der Waals surface area (Å²) in [5.74, 6) is 0. The molecule has 2 rings (SSSR count). The van der Waals surface area contributed by atoms with Crippen molar-refractivity contribution in [2.45, 2.75) is 26.4 Å². The first-order chi connectivity index (χ1) is 7.75. The number of aryl methyl sites for hydroxylation is 1. The predicted molar refractivity (Wildman–Crippen MR) is 64.3 cm³/mol. The molecule has 4 nitrogen and oxygen atoms in total. The molecule has 1 unspecified atom stereocenters. The molecule has 0 aliphatic heterocycles. The van der Waals surface area contributed by atoms with E-state index in [9.17, 15) is 0 Å². The predicted octanol–water partition coefficient (Wildman–Crippen LogP) is 2.09. The number of hydrogen-bond acceptors (Lipinski definition) is 3. The van der Waals surface area contributed by atoms with Gasteiger partial charge in [0.2, 0.25) is 0 Å². The van der Waals surface area contributed by atoms with E-state index >= 15 is 0 Å². The van der Waals surface area contributed by atoms with Crippen LogP contribution in [0, 0.1) is 6.92 Å². The zero-order chi connectivity index (χ0) is 11.4. The van der Waals surface area contributed by atoms with Crippen LogP contribution in [0.1, 0.15) is 12.5 Å². The Balaban J connectivity index is 1.97. The summed E-state index contributed by atoms with van der Waals surface area (Å²) in [6.07, 6.45) is 9.27. The summed E-state index contributed by atoms with van der Waals surface area (Å²) in [7, 11) is 0. The molecule has 0 fully saturated rings. The second kappa shape index (κ2) is 4.79. The van der Waals surface area contributed by atoms with Gasteiger partial charge >= 0.3 is 0 Å². The Morgan fingerprint density at radius 2 is 2.25 bits per heavy atom. The molecule has 0 aliphatic rings. The van der Waals surface area contributed by atoms with E-state index < -0.39 is 0 Å². The summed E-state index contributed by atoms with van der Waals surface area (Å²) in [5, 5.41) is 3.46. The molecule has 0 bridgehead atoms. The van der Waals surface area contributed by atoms with Gasteiger partial charge in [0.25, 0.3) is 0 Å². The highest BCUT2D eigenvalue weighted by molar-refractivity contribution is 5.49. The van der Waals surface area contributed by atoms with E-state index in [0.717, 1.165) is 12.2 Å². The van der Waals surface area contributed by atoms with Gasteiger partial charge < -0.3 is 9.88 Å². The summed E-state index contributed by atoms with van der Waals surface area (Å²) in [6.45, 7) is 5.11. The summed E-state index contributed by atoms with van der Waals surface area (Å²) in [4.78, 5) is 8.10. The molecule has 0 radical (unpaired) electrons. The van der Waals surface area contributed by atoms with Gasteiger partial charge in [0.1, 0.15) is 0 Å². The molecular weight excluding hydrogens is 200 g/mol. The second-order valence-electron chi connectivity index (χ2n) is 4.00. The van der Waals surface area contributed by atoms with E-state index in [2.05, 4.69) is 33.7 Å². The third kappa shape index (κ3) is 2.59. The highest BCUT2D eigenvalue weighted by Crippen LogP contribution is 2.13. The second-order valence-corrected chi connectivity index (χ2v) is 4.00. The van der Waals surface area contributed by atoms with Crippen LogP contribution < -0.4 is 5.32 Å². The molecular formula is C12H16N4. The Labute approximate surface area is 95.4 Å². The van der Waals surface area contributed by atoms with Gasteiger partial charge in [-0.3, -0.25) is 4.98 Å². The molecule has 4 heteroatoms. The SMILES string of the molecule is Cc1cnccc1NC(C)Cn1ccnc1. The van der Waals surface area contributed by atoms with Crippen LogP contribution >= 0.6 is 0 Å². The van der Waals surface area contributed by atoms with Crippen molar-refractivity contribution >= 4 is 5.69 Å². The third-order valence-electron chi connectivity index (χ3n) is 2.47. The molecule has 1 atom stereocenters. The Morgan fingerprint density at radius 1 is 1.38 bits per heavy atom. The molecule has 0 saturated heterocycles. The fraction of sp³-hybridized carbons (Fsp3) is 0.333. The summed E-state index contributed by atoms with van der Waals surface area (Å²) in [6, 6.07) is 2.36. The molecule has 0 amide bonds. The maximum atomic E-state index is 4.07. The Kier molecular flexibility index (Phi) is 3.19. The van der Waals surface area contributed by atoms with Crippen LogP contribution in [0.5, 0.6) is 0 Å². The van der Waals surface area contributed by atoms with Gasteiger partial charge in [0.15, 0.2) is 0 Å². The number of aromatic nitrogens is 3. The maximum Gasteiger partial charge on any atom is 0.0946 e. The fourth-order valence-corrected chi connectivity index (χ4v) is 1.66. The Morgan fingerprint density at radius 3 is 2.94 bits per heavy atom. The van der Waals surface area contributed by atoms with E-state index in [1.165, 1.54) is 5.56 Å². The van der Waals surface area contributed by atoms with Crippen molar-refractivity contribution in [1.29, 1.82) is 0 Å². The zero-order valence-corrected chi connectivity index (χ0v) is 9.59. The quantitative estimate of drug-likeness (QED) is 0.851. The van der Waals surface area contributed by atoms with Crippen LogP contribution in [0.2, 0.25) is 0 Å². The number of rotatable bonds is 4. The normalized spacial score (nSPS) is 12.4. The molecule has 2 aromatic rings. The van der Waals surface area contributed by atoms with Gasteiger partial charge in [0, 0.05) is 43.1 Å². The lowest BCUT2D eigenvalue weighted by Gasteiger charge is -2.17. The number of anilines is 1. The third-order valence-corrected chi connectivity index (χ3v) is 2.47. The average molecular weight is 216 g/mol. The van der Waals surface area contributed by atoms with Crippen molar-refractivity contribution in [3.8, 4) is 0 Å². The van der Waals surface area contributed by atoms with Crippen molar-refractivity contribution in [2.75, 3.05) is 5.32 Å². The number of nitrogens with one attached hydrogen (secondary N) is 1. The maximum absolute atomic E-state index is 4.07. The van der Waals surface area contributed by atoms with E-state index in [4.69, 9.17) is 0 Å². The van der Waals surface area contributed by atoms with Crippen LogP contribution in [0.25, 0.3) is 0 Å². The minimum absolute atomic E-state index is 0.357. The highest BCUT2D eigenvalue weighted by Gasteiger charge is 2.04. The van der Waals surface area contributed by atoms with Gasteiger partial charge in [-0.15, -0.1) is 0 Å². The monoisotopic (exact) mass is 216 g/mol. The first kappa shape index (κ1) is 10.7. The number of hydrogen-bond donors (Lipinski definition) is 1. The van der Waals surface area contributed by atoms with Crippen molar-refractivity contribution in [1.82, 2.24) is 14.5 Å². The van der Waals surface area contributed by atoms with Gasteiger partial charge in [-0.05, 0) is 25.5 Å². The summed E-state index contributed by atoms with van der Waals surface area (Å²) in [5.41, 5.74) is 2.31. The molecule has 2 heterocycles. The van der Waals surface area contributed by atoms with Crippen LogP contribution in [-0.2, 0) is 6.54 Å². The molecule has 0 spiro atoms. The van der Waals surface area contributed by atoms with Gasteiger partial charge in [0.05, 0.1) is 6.33 Å². The van der Waals surface area contributed by atoms with Gasteiger partial charge in [-0.25, -0.2) is 4.98 Å². The Hall–Kier alpha value is -1.84. The fourth-order valence-electron chi connectivity index (χ4n) is 1.66. The first-order valence-corrected chi connectivity index (χ1v) is 5.38. The first-order valence-electron chi connectivity index (χ1n) is 5.38. The minimum Gasteiger partial charge on any atom is -0.380 e. The summed E-state index contributed by atoms with van der Waals surface area (Å²) >= 11 is 0. The minimum atomic E-state index is 0.357. The molecule has 0 saturated carbocycles. The van der Waals surface area contributed by atoms with Crippen molar-refractivity contribution in [3.63, 3.8) is 0 Å². The lowest BCUT2D eigenvalue weighted by molar-refractivity contribution is 0.618. The van der Waals surface area contributed by atoms with Gasteiger partial charge in [-0.1, -0.05) is 0 Å². The standard InChI is InChI=1S/C12H16N4/c1-10-7-13-4-3-12(10)15-11(2)8-16-6-5-14-9-16/h3-7,9,11H,8H2,1-2H3,(H,13,15). The molecule has 84 valence electrons. The van der Waals surface area contributed by atoms with Gasteiger partial charge in [-0.2, -0.15) is 0 Å². The molecule has 0 aromatic carbocycles. The number of pyridine rings is 1. The van der Waals surface area contributed by atoms with E-state index in [0.29, 0.717) is 6.04 Å².